The van der Waals surface area contributed by atoms with Crippen LogP contribution in [-0.2, 0) is 6.54 Å². The predicted molar refractivity (Wildman–Crippen MR) is 74.0 cm³/mol. The summed E-state index contributed by atoms with van der Waals surface area (Å²) >= 11 is 0. The second-order valence-electron chi connectivity index (χ2n) is 4.44. The number of nitrogens with one attached hydrogen (secondary N) is 1. The molecule has 2 aromatic carbocycles. The summed E-state index contributed by atoms with van der Waals surface area (Å²) in [4.78, 5) is 0. The van der Waals surface area contributed by atoms with E-state index in [4.69, 9.17) is 0 Å². The van der Waals surface area contributed by atoms with Gasteiger partial charge in [0.2, 0.25) is 0 Å². The third kappa shape index (κ3) is 2.96. The molecule has 0 aliphatic heterocycles. The predicted octanol–water partition coefficient (Wildman–Crippen LogP) is 3.91. The number of hydrogen-bond donors (Lipinski definition) is 1. The van der Waals surface area contributed by atoms with E-state index in [2.05, 4.69) is 37.4 Å². The first kappa shape index (κ1) is 12.8. The maximum Gasteiger partial charge on any atom is 0.123 e. The number of halogens is 1. The minimum absolute atomic E-state index is 0.194. The van der Waals surface area contributed by atoms with E-state index in [1.165, 1.54) is 28.8 Å². The smallest absolute Gasteiger partial charge is 0.123 e. The molecule has 1 N–H and O–H groups in total. The van der Waals surface area contributed by atoms with Crippen LogP contribution in [0.15, 0.2) is 42.5 Å². The molecule has 18 heavy (non-hydrogen) atoms. The lowest BCUT2D eigenvalue weighted by Gasteiger charge is -2.09. The Bertz CT molecular complexity index is 517. The van der Waals surface area contributed by atoms with E-state index in [-0.39, 0.29) is 5.82 Å². The summed E-state index contributed by atoms with van der Waals surface area (Å²) in [6, 6.07) is 13.1. The third-order valence-electron chi connectivity index (χ3n) is 3.04. The van der Waals surface area contributed by atoms with E-state index in [0.717, 1.165) is 18.7 Å². The summed E-state index contributed by atoms with van der Waals surface area (Å²) in [7, 11) is 0. The van der Waals surface area contributed by atoms with Gasteiger partial charge >= 0.3 is 0 Å². The number of aryl methyl sites for hydroxylation is 1. The second-order valence-corrected chi connectivity index (χ2v) is 4.44. The van der Waals surface area contributed by atoms with Gasteiger partial charge in [0.25, 0.3) is 0 Å². The molecule has 1 nitrogen and oxygen atoms in total. The molecule has 0 atom stereocenters. The zero-order chi connectivity index (χ0) is 13.0. The Morgan fingerprint density at radius 2 is 1.78 bits per heavy atom. The fraction of sp³-hybridized carbons (Fsp3) is 0.250. The van der Waals surface area contributed by atoms with E-state index in [1.54, 1.807) is 0 Å². The van der Waals surface area contributed by atoms with Gasteiger partial charge in [-0.3, -0.25) is 0 Å². The molecule has 2 heteroatoms. The molecule has 0 heterocycles. The van der Waals surface area contributed by atoms with E-state index in [1.807, 2.05) is 12.1 Å². The van der Waals surface area contributed by atoms with E-state index in [0.29, 0.717) is 0 Å². The molecular weight excluding hydrogens is 225 g/mol. The Morgan fingerprint density at radius 1 is 1.06 bits per heavy atom. The molecule has 0 unspecified atom stereocenters. The van der Waals surface area contributed by atoms with Crippen LogP contribution in [0.5, 0.6) is 0 Å². The van der Waals surface area contributed by atoms with Crippen molar-refractivity contribution in [2.45, 2.75) is 20.4 Å². The molecule has 0 amide bonds. The Labute approximate surface area is 108 Å². The van der Waals surface area contributed by atoms with Gasteiger partial charge in [-0.05, 0) is 53.9 Å². The summed E-state index contributed by atoms with van der Waals surface area (Å²) in [6.45, 7) is 6.00. The van der Waals surface area contributed by atoms with Crippen LogP contribution in [0.3, 0.4) is 0 Å². The number of benzene rings is 2. The maximum atomic E-state index is 12.9. The average molecular weight is 243 g/mol. The van der Waals surface area contributed by atoms with Crippen LogP contribution in [-0.4, -0.2) is 6.54 Å². The molecule has 0 radical (unpaired) electrons. The van der Waals surface area contributed by atoms with Crippen molar-refractivity contribution in [1.82, 2.24) is 5.32 Å². The van der Waals surface area contributed by atoms with Crippen molar-refractivity contribution < 1.29 is 4.39 Å². The van der Waals surface area contributed by atoms with Crippen molar-refractivity contribution >= 4 is 0 Å². The molecule has 0 aromatic heterocycles. The van der Waals surface area contributed by atoms with E-state index in [9.17, 15) is 4.39 Å². The Morgan fingerprint density at radius 3 is 2.44 bits per heavy atom. The Hall–Kier alpha value is -1.67. The van der Waals surface area contributed by atoms with Gasteiger partial charge < -0.3 is 5.32 Å². The van der Waals surface area contributed by atoms with Gasteiger partial charge in [0.15, 0.2) is 0 Å². The largest absolute Gasteiger partial charge is 0.313 e. The van der Waals surface area contributed by atoms with Gasteiger partial charge in [-0.15, -0.1) is 0 Å². The van der Waals surface area contributed by atoms with Gasteiger partial charge in [0.05, 0.1) is 0 Å². The molecular formula is C16H18FN. The van der Waals surface area contributed by atoms with Gasteiger partial charge in [0, 0.05) is 6.54 Å². The van der Waals surface area contributed by atoms with E-state index < -0.39 is 0 Å². The quantitative estimate of drug-likeness (QED) is 0.858. The van der Waals surface area contributed by atoms with E-state index >= 15 is 0 Å². The molecule has 0 saturated heterocycles. The molecule has 0 aliphatic rings. The molecule has 0 saturated carbocycles. The van der Waals surface area contributed by atoms with Crippen molar-refractivity contribution in [3.05, 3.63) is 59.4 Å². The molecule has 2 aromatic rings. The first-order valence-corrected chi connectivity index (χ1v) is 6.27. The third-order valence-corrected chi connectivity index (χ3v) is 3.04. The topological polar surface area (TPSA) is 12.0 Å². The lowest BCUT2D eigenvalue weighted by atomic mass is 9.98. The summed E-state index contributed by atoms with van der Waals surface area (Å²) in [5.74, 6) is -0.194. The standard InChI is InChI=1S/C16H18FN/c1-3-18-11-13-5-4-12(2)16(10-13)14-6-8-15(17)9-7-14/h4-10,18H,3,11H2,1-2H3. The molecule has 0 aliphatic carbocycles. The molecule has 2 rings (SSSR count). The van der Waals surface area contributed by atoms with Crippen LogP contribution in [0.1, 0.15) is 18.1 Å². The summed E-state index contributed by atoms with van der Waals surface area (Å²) in [5.41, 5.74) is 4.70. The SMILES string of the molecule is CCNCc1ccc(C)c(-c2ccc(F)cc2)c1. The summed E-state index contributed by atoms with van der Waals surface area (Å²) in [5, 5.41) is 3.31. The minimum Gasteiger partial charge on any atom is -0.313 e. The van der Waals surface area contributed by atoms with Crippen LogP contribution < -0.4 is 5.32 Å². The van der Waals surface area contributed by atoms with Gasteiger partial charge in [-0.1, -0.05) is 31.2 Å². The molecule has 94 valence electrons. The van der Waals surface area contributed by atoms with Gasteiger partial charge in [-0.2, -0.15) is 0 Å². The van der Waals surface area contributed by atoms with Crippen molar-refractivity contribution in [1.29, 1.82) is 0 Å². The van der Waals surface area contributed by atoms with Crippen LogP contribution in [0.2, 0.25) is 0 Å². The minimum atomic E-state index is -0.194. The lowest BCUT2D eigenvalue weighted by Crippen LogP contribution is -2.11. The second kappa shape index (κ2) is 5.78. The van der Waals surface area contributed by atoms with Crippen LogP contribution >= 0.6 is 0 Å². The first-order chi connectivity index (χ1) is 8.70. The first-order valence-electron chi connectivity index (χ1n) is 6.27. The summed E-state index contributed by atoms with van der Waals surface area (Å²) < 4.78 is 12.9. The Balaban J connectivity index is 2.33. The van der Waals surface area contributed by atoms with Crippen LogP contribution in [0.25, 0.3) is 11.1 Å². The molecule has 0 spiro atoms. The van der Waals surface area contributed by atoms with Gasteiger partial charge in [-0.25, -0.2) is 4.39 Å². The number of hydrogen-bond acceptors (Lipinski definition) is 1. The van der Waals surface area contributed by atoms with Gasteiger partial charge in [0.1, 0.15) is 5.82 Å². The highest BCUT2D eigenvalue weighted by Gasteiger charge is 2.03. The Kier molecular flexibility index (Phi) is 4.11. The highest BCUT2D eigenvalue weighted by Crippen LogP contribution is 2.24. The zero-order valence-corrected chi connectivity index (χ0v) is 10.8. The zero-order valence-electron chi connectivity index (χ0n) is 10.8. The van der Waals surface area contributed by atoms with Crippen LogP contribution in [0.4, 0.5) is 4.39 Å². The van der Waals surface area contributed by atoms with Crippen molar-refractivity contribution in [3.8, 4) is 11.1 Å². The monoisotopic (exact) mass is 243 g/mol. The lowest BCUT2D eigenvalue weighted by molar-refractivity contribution is 0.628. The average Bonchev–Trinajstić information content (AvgIpc) is 2.39. The van der Waals surface area contributed by atoms with Crippen molar-refractivity contribution in [2.24, 2.45) is 0 Å². The molecule has 0 bridgehead atoms. The molecule has 0 fully saturated rings. The van der Waals surface area contributed by atoms with Crippen LogP contribution in [0, 0.1) is 12.7 Å². The number of rotatable bonds is 4. The van der Waals surface area contributed by atoms with Crippen molar-refractivity contribution in [2.75, 3.05) is 6.54 Å². The highest BCUT2D eigenvalue weighted by molar-refractivity contribution is 5.67. The normalized spacial score (nSPS) is 10.6. The highest BCUT2D eigenvalue weighted by atomic mass is 19.1. The fourth-order valence-corrected chi connectivity index (χ4v) is 1.99. The fourth-order valence-electron chi connectivity index (χ4n) is 1.99. The summed E-state index contributed by atoms with van der Waals surface area (Å²) in [6.07, 6.45) is 0. The maximum absolute atomic E-state index is 12.9. The van der Waals surface area contributed by atoms with Crippen molar-refractivity contribution in [3.63, 3.8) is 0 Å².